The molecule has 1 aromatic heterocycles. The quantitative estimate of drug-likeness (QED) is 0.694. The van der Waals surface area contributed by atoms with Crippen molar-refractivity contribution in [2.45, 2.75) is 26.9 Å². The second kappa shape index (κ2) is 9.35. The molecule has 6 heteroatoms. The van der Waals surface area contributed by atoms with Crippen molar-refractivity contribution < 1.29 is 18.7 Å². The van der Waals surface area contributed by atoms with Gasteiger partial charge in [-0.2, -0.15) is 0 Å². The van der Waals surface area contributed by atoms with Crippen LogP contribution in [0.5, 0.6) is 5.75 Å². The highest BCUT2D eigenvalue weighted by Crippen LogP contribution is 2.28. The van der Waals surface area contributed by atoms with Crippen molar-refractivity contribution >= 4 is 17.5 Å². The van der Waals surface area contributed by atoms with Gasteiger partial charge in [0, 0.05) is 19.8 Å². The summed E-state index contributed by atoms with van der Waals surface area (Å²) < 4.78 is 16.4. The first-order chi connectivity index (χ1) is 11.6. The van der Waals surface area contributed by atoms with Crippen LogP contribution in [0.2, 0.25) is 5.02 Å². The summed E-state index contributed by atoms with van der Waals surface area (Å²) in [6, 6.07) is 8.92. The van der Waals surface area contributed by atoms with Crippen molar-refractivity contribution in [2.24, 2.45) is 0 Å². The molecule has 0 aliphatic heterocycles. The summed E-state index contributed by atoms with van der Waals surface area (Å²) in [6.45, 7) is 5.93. The van der Waals surface area contributed by atoms with E-state index in [0.29, 0.717) is 36.3 Å². The van der Waals surface area contributed by atoms with Gasteiger partial charge in [-0.05, 0) is 44.0 Å². The topological polar surface area (TPSA) is 60.7 Å². The number of hydrogen-bond donors (Lipinski definition) is 1. The van der Waals surface area contributed by atoms with Crippen molar-refractivity contribution in [1.29, 1.82) is 0 Å². The Bertz CT molecular complexity index is 649. The van der Waals surface area contributed by atoms with Crippen molar-refractivity contribution in [3.05, 3.63) is 52.4 Å². The first-order valence-corrected chi connectivity index (χ1v) is 8.32. The molecule has 0 aliphatic rings. The lowest BCUT2D eigenvalue weighted by molar-refractivity contribution is 0.0912. The number of benzene rings is 1. The molecule has 1 aromatic carbocycles. The smallest absolute Gasteiger partial charge is 0.286 e. The number of furan rings is 1. The van der Waals surface area contributed by atoms with Gasteiger partial charge in [-0.1, -0.05) is 23.7 Å². The van der Waals surface area contributed by atoms with Crippen LogP contribution < -0.4 is 10.1 Å². The Morgan fingerprint density at radius 1 is 1.29 bits per heavy atom. The average molecular weight is 352 g/mol. The predicted octanol–water partition coefficient (Wildman–Crippen LogP) is 3.98. The van der Waals surface area contributed by atoms with Crippen molar-refractivity contribution in [1.82, 2.24) is 5.32 Å². The maximum Gasteiger partial charge on any atom is 0.286 e. The number of carbonyl (C=O) groups excluding carboxylic acids is 1. The molecule has 0 bridgehead atoms. The summed E-state index contributed by atoms with van der Waals surface area (Å²) in [4.78, 5) is 12.0. The molecule has 5 nitrogen and oxygen atoms in total. The maximum absolute atomic E-state index is 12.0. The Morgan fingerprint density at radius 2 is 2.12 bits per heavy atom. The average Bonchev–Trinajstić information content (AvgIpc) is 3.03. The number of aryl methyl sites for hydroxylation is 1. The van der Waals surface area contributed by atoms with E-state index in [4.69, 9.17) is 25.5 Å². The molecule has 1 N–H and O–H groups in total. The number of hydrogen-bond acceptors (Lipinski definition) is 4. The van der Waals surface area contributed by atoms with Crippen LogP contribution in [0.25, 0.3) is 0 Å². The highest BCUT2D eigenvalue weighted by molar-refractivity contribution is 6.32. The molecule has 2 aromatic rings. The lowest BCUT2D eigenvalue weighted by Crippen LogP contribution is -2.24. The van der Waals surface area contributed by atoms with Gasteiger partial charge in [-0.15, -0.1) is 0 Å². The number of halogens is 1. The van der Waals surface area contributed by atoms with Gasteiger partial charge in [-0.25, -0.2) is 0 Å². The Kier molecular flexibility index (Phi) is 7.15. The SMILES string of the molecule is CCOCCCNC(=O)c1ccc(COc2c(C)cccc2Cl)o1. The molecule has 0 unspecified atom stereocenters. The number of nitrogens with one attached hydrogen (secondary N) is 1. The minimum atomic E-state index is -0.244. The van der Waals surface area contributed by atoms with Crippen LogP contribution in [0.15, 0.2) is 34.7 Å². The third-order valence-corrected chi connectivity index (χ3v) is 3.66. The predicted molar refractivity (Wildman–Crippen MR) is 92.7 cm³/mol. The van der Waals surface area contributed by atoms with E-state index in [0.717, 1.165) is 12.0 Å². The monoisotopic (exact) mass is 351 g/mol. The van der Waals surface area contributed by atoms with Gasteiger partial charge >= 0.3 is 0 Å². The zero-order chi connectivity index (χ0) is 17.4. The zero-order valence-electron chi connectivity index (χ0n) is 13.9. The van der Waals surface area contributed by atoms with Gasteiger partial charge in [0.1, 0.15) is 18.1 Å². The third-order valence-electron chi connectivity index (χ3n) is 3.36. The zero-order valence-corrected chi connectivity index (χ0v) is 14.7. The van der Waals surface area contributed by atoms with E-state index in [1.807, 2.05) is 26.0 Å². The van der Waals surface area contributed by atoms with Gasteiger partial charge in [-0.3, -0.25) is 4.79 Å². The summed E-state index contributed by atoms with van der Waals surface area (Å²) in [5.74, 6) is 1.21. The number of ether oxygens (including phenoxy) is 2. The fourth-order valence-electron chi connectivity index (χ4n) is 2.13. The fraction of sp³-hybridized carbons (Fsp3) is 0.389. The molecule has 24 heavy (non-hydrogen) atoms. The minimum Gasteiger partial charge on any atom is -0.484 e. The fourth-order valence-corrected chi connectivity index (χ4v) is 2.40. The summed E-state index contributed by atoms with van der Waals surface area (Å²) in [6.07, 6.45) is 0.766. The molecule has 0 spiro atoms. The highest BCUT2D eigenvalue weighted by atomic mass is 35.5. The molecule has 0 atom stereocenters. The van der Waals surface area contributed by atoms with Gasteiger partial charge in [0.25, 0.3) is 5.91 Å². The molecule has 1 amide bonds. The van der Waals surface area contributed by atoms with Crippen LogP contribution in [0, 0.1) is 6.92 Å². The minimum absolute atomic E-state index is 0.211. The molecule has 0 fully saturated rings. The van der Waals surface area contributed by atoms with E-state index in [1.54, 1.807) is 18.2 Å². The Hall–Kier alpha value is -1.98. The molecule has 2 rings (SSSR count). The molecular weight excluding hydrogens is 330 g/mol. The van der Waals surface area contributed by atoms with Gasteiger partial charge < -0.3 is 19.2 Å². The maximum atomic E-state index is 12.0. The normalized spacial score (nSPS) is 10.6. The van der Waals surface area contributed by atoms with Crippen LogP contribution in [0.4, 0.5) is 0 Å². The van der Waals surface area contributed by atoms with Gasteiger partial charge in [0.05, 0.1) is 5.02 Å². The van der Waals surface area contributed by atoms with Crippen molar-refractivity contribution in [3.63, 3.8) is 0 Å². The number of para-hydroxylation sites is 1. The van der Waals surface area contributed by atoms with Gasteiger partial charge in [0.2, 0.25) is 0 Å². The Balaban J connectivity index is 1.83. The van der Waals surface area contributed by atoms with Crippen LogP contribution in [0.1, 0.15) is 35.2 Å². The van der Waals surface area contributed by atoms with E-state index < -0.39 is 0 Å². The van der Waals surface area contributed by atoms with E-state index >= 15 is 0 Å². The molecule has 0 saturated heterocycles. The molecule has 0 radical (unpaired) electrons. The second-order valence-corrected chi connectivity index (χ2v) is 5.65. The van der Waals surface area contributed by atoms with Crippen LogP contribution in [0.3, 0.4) is 0 Å². The molecular formula is C18H22ClNO4. The van der Waals surface area contributed by atoms with E-state index in [2.05, 4.69) is 5.32 Å². The highest BCUT2D eigenvalue weighted by Gasteiger charge is 2.12. The first-order valence-electron chi connectivity index (χ1n) is 7.94. The Labute approximate surface area is 146 Å². The third kappa shape index (κ3) is 5.28. The summed E-state index contributed by atoms with van der Waals surface area (Å²) in [7, 11) is 0. The molecule has 0 aliphatic carbocycles. The number of carbonyl (C=O) groups is 1. The van der Waals surface area contributed by atoms with Crippen molar-refractivity contribution in [2.75, 3.05) is 19.8 Å². The summed E-state index contributed by atoms with van der Waals surface area (Å²) in [5.41, 5.74) is 0.946. The number of amides is 1. The summed E-state index contributed by atoms with van der Waals surface area (Å²) in [5, 5.41) is 3.34. The largest absolute Gasteiger partial charge is 0.484 e. The van der Waals surface area contributed by atoms with Crippen molar-refractivity contribution in [3.8, 4) is 5.75 Å². The number of rotatable bonds is 9. The second-order valence-electron chi connectivity index (χ2n) is 5.25. The summed E-state index contributed by atoms with van der Waals surface area (Å²) >= 11 is 6.11. The standard InChI is InChI=1S/C18H22ClNO4/c1-3-22-11-5-10-20-18(21)16-9-8-14(24-16)12-23-17-13(2)6-4-7-15(17)19/h4,6-9H,3,5,10-12H2,1-2H3,(H,20,21). The molecule has 130 valence electrons. The Morgan fingerprint density at radius 3 is 2.88 bits per heavy atom. The lowest BCUT2D eigenvalue weighted by atomic mass is 10.2. The first kappa shape index (κ1) is 18.4. The van der Waals surface area contributed by atoms with Gasteiger partial charge in [0.15, 0.2) is 5.76 Å². The van der Waals surface area contributed by atoms with E-state index in [1.165, 1.54) is 0 Å². The van der Waals surface area contributed by atoms with Crippen LogP contribution in [-0.2, 0) is 11.3 Å². The van der Waals surface area contributed by atoms with Crippen LogP contribution in [-0.4, -0.2) is 25.7 Å². The van der Waals surface area contributed by atoms with Crippen LogP contribution >= 0.6 is 11.6 Å². The lowest BCUT2D eigenvalue weighted by Gasteiger charge is -2.09. The van der Waals surface area contributed by atoms with E-state index in [-0.39, 0.29) is 18.3 Å². The molecule has 1 heterocycles. The van der Waals surface area contributed by atoms with E-state index in [9.17, 15) is 4.79 Å². The molecule has 0 saturated carbocycles.